The molecule has 1 heterocycles. The van der Waals surface area contributed by atoms with Gasteiger partial charge < -0.3 is 25.5 Å². The predicted octanol–water partition coefficient (Wildman–Crippen LogP) is 1.94. The fourth-order valence-electron chi connectivity index (χ4n) is 2.87. The standard InChI is InChI=1S/C17H20FN3O4/c1-8(19)6-20-13-12(18)5-10-14(16(13)25-2)21(9-3-4-9)7-11(15(10)22)17(23)24/h5,7-9,20H,3-4,6,19H2,1-2H3,(H,23,24)/t8-/m0/s1. The summed E-state index contributed by atoms with van der Waals surface area (Å²) in [5.74, 6) is -1.84. The number of nitrogens with one attached hydrogen (secondary N) is 1. The number of ether oxygens (including phenoxy) is 1. The number of halogens is 1. The van der Waals surface area contributed by atoms with E-state index < -0.39 is 17.2 Å². The van der Waals surface area contributed by atoms with E-state index in [1.807, 2.05) is 0 Å². The van der Waals surface area contributed by atoms with Crippen molar-refractivity contribution in [3.05, 3.63) is 33.9 Å². The highest BCUT2D eigenvalue weighted by Gasteiger charge is 2.30. The predicted molar refractivity (Wildman–Crippen MR) is 92.1 cm³/mol. The molecule has 7 nitrogen and oxygen atoms in total. The van der Waals surface area contributed by atoms with Crippen LogP contribution in [0.1, 0.15) is 36.2 Å². The molecule has 25 heavy (non-hydrogen) atoms. The number of carboxylic acid groups (broad SMARTS) is 1. The maximum Gasteiger partial charge on any atom is 0.341 e. The number of nitrogens with zero attached hydrogens (tertiary/aromatic N) is 1. The summed E-state index contributed by atoms with van der Waals surface area (Å²) in [5, 5.41) is 12.2. The first-order valence-electron chi connectivity index (χ1n) is 8.03. The van der Waals surface area contributed by atoms with Crippen LogP contribution >= 0.6 is 0 Å². The van der Waals surface area contributed by atoms with Crippen LogP contribution in [-0.4, -0.2) is 35.3 Å². The van der Waals surface area contributed by atoms with Crippen molar-refractivity contribution in [1.82, 2.24) is 4.57 Å². The number of methoxy groups -OCH3 is 1. The van der Waals surface area contributed by atoms with Gasteiger partial charge >= 0.3 is 5.97 Å². The zero-order valence-electron chi connectivity index (χ0n) is 14.0. The summed E-state index contributed by atoms with van der Waals surface area (Å²) in [5.41, 5.74) is 5.12. The van der Waals surface area contributed by atoms with Gasteiger partial charge in [-0.15, -0.1) is 0 Å². The van der Waals surface area contributed by atoms with Gasteiger partial charge in [-0.2, -0.15) is 0 Å². The highest BCUT2D eigenvalue weighted by molar-refractivity contribution is 5.97. The monoisotopic (exact) mass is 349 g/mol. The fourth-order valence-corrected chi connectivity index (χ4v) is 2.87. The summed E-state index contributed by atoms with van der Waals surface area (Å²) in [6.45, 7) is 2.09. The topological polar surface area (TPSA) is 107 Å². The van der Waals surface area contributed by atoms with E-state index in [1.54, 1.807) is 11.5 Å². The number of carboxylic acids is 1. The van der Waals surface area contributed by atoms with E-state index in [4.69, 9.17) is 10.5 Å². The number of aromatic carboxylic acids is 1. The van der Waals surface area contributed by atoms with Crippen molar-refractivity contribution < 1.29 is 19.0 Å². The Morgan fingerprint density at radius 2 is 2.24 bits per heavy atom. The van der Waals surface area contributed by atoms with Crippen LogP contribution in [0.3, 0.4) is 0 Å². The number of aromatic nitrogens is 1. The summed E-state index contributed by atoms with van der Waals surface area (Å²) < 4.78 is 21.7. The number of benzene rings is 1. The maximum atomic E-state index is 14.6. The Morgan fingerprint density at radius 1 is 1.56 bits per heavy atom. The Hall–Kier alpha value is -2.61. The van der Waals surface area contributed by atoms with Crippen molar-refractivity contribution in [1.29, 1.82) is 0 Å². The van der Waals surface area contributed by atoms with E-state index in [-0.39, 0.29) is 34.5 Å². The second-order valence-electron chi connectivity index (χ2n) is 6.34. The molecule has 2 aromatic rings. The summed E-state index contributed by atoms with van der Waals surface area (Å²) >= 11 is 0. The lowest BCUT2D eigenvalue weighted by Gasteiger charge is -2.19. The van der Waals surface area contributed by atoms with Gasteiger partial charge in [-0.3, -0.25) is 4.79 Å². The molecule has 0 aliphatic heterocycles. The second-order valence-corrected chi connectivity index (χ2v) is 6.34. The van der Waals surface area contributed by atoms with Crippen molar-refractivity contribution in [2.75, 3.05) is 19.0 Å². The summed E-state index contributed by atoms with van der Waals surface area (Å²) in [6, 6.07) is 0.927. The summed E-state index contributed by atoms with van der Waals surface area (Å²) in [6.07, 6.45) is 3.04. The van der Waals surface area contributed by atoms with Gasteiger partial charge in [-0.05, 0) is 25.8 Å². The zero-order valence-corrected chi connectivity index (χ0v) is 14.0. The molecule has 0 unspecified atom stereocenters. The Kier molecular flexibility index (Phi) is 4.38. The highest BCUT2D eigenvalue weighted by atomic mass is 19.1. The Balaban J connectivity index is 2.34. The molecule has 3 rings (SSSR count). The molecule has 0 amide bonds. The first kappa shape index (κ1) is 17.2. The van der Waals surface area contributed by atoms with E-state index in [0.29, 0.717) is 12.1 Å². The number of hydrogen-bond acceptors (Lipinski definition) is 5. The number of nitrogens with two attached hydrogens (primary N) is 1. The van der Waals surface area contributed by atoms with Gasteiger partial charge in [0.2, 0.25) is 5.43 Å². The van der Waals surface area contributed by atoms with Gasteiger partial charge in [0.15, 0.2) is 11.6 Å². The number of fused-ring (bicyclic) bond motifs is 1. The van der Waals surface area contributed by atoms with Crippen molar-refractivity contribution in [2.24, 2.45) is 5.73 Å². The first-order valence-corrected chi connectivity index (χ1v) is 8.03. The third-order valence-corrected chi connectivity index (χ3v) is 4.20. The van der Waals surface area contributed by atoms with Crippen LogP contribution in [0, 0.1) is 5.82 Å². The lowest BCUT2D eigenvalue weighted by molar-refractivity contribution is 0.0695. The average molecular weight is 349 g/mol. The fraction of sp³-hybridized carbons (Fsp3) is 0.412. The molecule has 8 heteroatoms. The molecule has 0 spiro atoms. The van der Waals surface area contributed by atoms with Crippen LogP contribution in [0.4, 0.5) is 10.1 Å². The van der Waals surface area contributed by atoms with E-state index >= 15 is 0 Å². The molecule has 0 saturated heterocycles. The quantitative estimate of drug-likeness (QED) is 0.736. The SMILES string of the molecule is COc1c(NC[C@H](C)N)c(F)cc2c(=O)c(C(=O)O)cn(C3CC3)c12. The third-order valence-electron chi connectivity index (χ3n) is 4.20. The minimum absolute atomic E-state index is 0.00695. The molecular formula is C17H20FN3O4. The van der Waals surface area contributed by atoms with Gasteiger partial charge in [0.25, 0.3) is 0 Å². The van der Waals surface area contributed by atoms with Gasteiger partial charge in [0, 0.05) is 24.8 Å². The summed E-state index contributed by atoms with van der Waals surface area (Å²) in [7, 11) is 1.39. The van der Waals surface area contributed by atoms with Gasteiger partial charge in [0.1, 0.15) is 11.3 Å². The minimum Gasteiger partial charge on any atom is -0.492 e. The van der Waals surface area contributed by atoms with E-state index in [1.165, 1.54) is 13.3 Å². The van der Waals surface area contributed by atoms with Gasteiger partial charge in [0.05, 0.1) is 18.0 Å². The highest BCUT2D eigenvalue weighted by Crippen LogP contribution is 2.42. The van der Waals surface area contributed by atoms with Crippen LogP contribution in [-0.2, 0) is 0 Å². The van der Waals surface area contributed by atoms with Crippen LogP contribution in [0.5, 0.6) is 5.75 Å². The molecule has 1 aliphatic rings. The van der Waals surface area contributed by atoms with E-state index in [0.717, 1.165) is 18.9 Å². The van der Waals surface area contributed by atoms with Crippen molar-refractivity contribution in [3.8, 4) is 5.75 Å². The smallest absolute Gasteiger partial charge is 0.341 e. The molecule has 134 valence electrons. The molecule has 1 aromatic carbocycles. The Bertz CT molecular complexity index is 903. The lowest BCUT2D eigenvalue weighted by atomic mass is 10.1. The number of rotatable bonds is 6. The molecule has 1 aliphatic carbocycles. The van der Waals surface area contributed by atoms with Crippen LogP contribution in [0.15, 0.2) is 17.1 Å². The molecule has 0 bridgehead atoms. The molecular weight excluding hydrogens is 329 g/mol. The molecule has 4 N–H and O–H groups in total. The van der Waals surface area contributed by atoms with Crippen molar-refractivity contribution in [3.63, 3.8) is 0 Å². The molecule has 1 saturated carbocycles. The molecule has 0 radical (unpaired) electrons. The van der Waals surface area contributed by atoms with Crippen LogP contribution < -0.4 is 21.2 Å². The maximum absolute atomic E-state index is 14.6. The molecule has 1 aromatic heterocycles. The van der Waals surface area contributed by atoms with Crippen LogP contribution in [0.2, 0.25) is 0 Å². The second kappa shape index (κ2) is 6.36. The number of hydrogen-bond donors (Lipinski definition) is 3. The number of anilines is 1. The number of carbonyl (C=O) groups is 1. The van der Waals surface area contributed by atoms with Gasteiger partial charge in [-0.1, -0.05) is 0 Å². The Labute approximate surface area is 143 Å². The summed E-state index contributed by atoms with van der Waals surface area (Å²) in [4.78, 5) is 23.9. The Morgan fingerprint density at radius 3 is 2.76 bits per heavy atom. The number of pyridine rings is 1. The molecule has 1 atom stereocenters. The average Bonchev–Trinajstić information content (AvgIpc) is 3.37. The zero-order chi connectivity index (χ0) is 18.3. The lowest BCUT2D eigenvalue weighted by Crippen LogP contribution is -2.26. The van der Waals surface area contributed by atoms with Crippen LogP contribution in [0.25, 0.3) is 10.9 Å². The first-order chi connectivity index (χ1) is 11.8. The molecule has 1 fully saturated rings. The van der Waals surface area contributed by atoms with Crippen molar-refractivity contribution >= 4 is 22.6 Å². The van der Waals surface area contributed by atoms with E-state index in [9.17, 15) is 19.1 Å². The van der Waals surface area contributed by atoms with Gasteiger partial charge in [-0.25, -0.2) is 9.18 Å². The van der Waals surface area contributed by atoms with E-state index in [2.05, 4.69) is 5.32 Å². The largest absolute Gasteiger partial charge is 0.492 e. The third kappa shape index (κ3) is 3.05. The minimum atomic E-state index is -1.33. The normalized spacial score (nSPS) is 15.2. The van der Waals surface area contributed by atoms with Crippen molar-refractivity contribution in [2.45, 2.75) is 31.8 Å².